The maximum absolute atomic E-state index is 12.7. The lowest BCUT2D eigenvalue weighted by Crippen LogP contribution is -2.24. The molecular weight excluding hydrogens is 426 g/mol. The number of benzene rings is 2. The van der Waals surface area contributed by atoms with E-state index in [2.05, 4.69) is 5.10 Å². The molecule has 168 valence electrons. The molecule has 0 aliphatic carbocycles. The Balaban J connectivity index is 1.73. The molecule has 3 rings (SSSR count). The molecule has 0 aliphatic heterocycles. The molecule has 0 fully saturated rings. The molecule has 32 heavy (non-hydrogen) atoms. The molecule has 0 spiro atoms. The van der Waals surface area contributed by atoms with Crippen LogP contribution in [0.5, 0.6) is 11.5 Å². The highest BCUT2D eigenvalue weighted by Gasteiger charge is 2.14. The third-order valence-electron chi connectivity index (χ3n) is 5.39. The number of hydrogen-bond donors (Lipinski definition) is 0. The minimum absolute atomic E-state index is 0.111. The van der Waals surface area contributed by atoms with Crippen molar-refractivity contribution in [1.29, 1.82) is 0 Å². The molecular formula is C25H28ClN3O3. The second-order valence-corrected chi connectivity index (χ2v) is 7.95. The highest BCUT2D eigenvalue weighted by molar-refractivity contribution is 6.31. The molecule has 1 aromatic heterocycles. The molecule has 0 bridgehead atoms. The predicted molar refractivity (Wildman–Crippen MR) is 127 cm³/mol. The van der Waals surface area contributed by atoms with E-state index in [0.717, 1.165) is 28.1 Å². The van der Waals surface area contributed by atoms with Gasteiger partial charge >= 0.3 is 0 Å². The molecule has 0 saturated carbocycles. The van der Waals surface area contributed by atoms with E-state index in [1.165, 1.54) is 0 Å². The fraction of sp³-hybridized carbons (Fsp3) is 0.280. The van der Waals surface area contributed by atoms with Gasteiger partial charge in [0.05, 0.1) is 26.5 Å². The van der Waals surface area contributed by atoms with Crippen molar-refractivity contribution in [2.45, 2.75) is 26.9 Å². The molecule has 0 radical (unpaired) electrons. The van der Waals surface area contributed by atoms with E-state index in [-0.39, 0.29) is 5.91 Å². The number of ether oxygens (including phenoxy) is 2. The van der Waals surface area contributed by atoms with Crippen molar-refractivity contribution in [3.63, 3.8) is 0 Å². The van der Waals surface area contributed by atoms with E-state index < -0.39 is 0 Å². The summed E-state index contributed by atoms with van der Waals surface area (Å²) in [6.45, 7) is 4.92. The second kappa shape index (κ2) is 10.4. The van der Waals surface area contributed by atoms with Crippen LogP contribution in [0.4, 0.5) is 0 Å². The first-order valence-corrected chi connectivity index (χ1v) is 10.6. The number of amides is 1. The van der Waals surface area contributed by atoms with Gasteiger partial charge < -0.3 is 14.4 Å². The fourth-order valence-electron chi connectivity index (χ4n) is 3.49. The average molecular weight is 454 g/mol. The Bertz CT molecular complexity index is 1140. The Labute approximate surface area is 194 Å². The van der Waals surface area contributed by atoms with E-state index in [0.29, 0.717) is 29.6 Å². The van der Waals surface area contributed by atoms with E-state index in [1.54, 1.807) is 32.2 Å². The van der Waals surface area contributed by atoms with Gasteiger partial charge in [0.2, 0.25) is 5.91 Å². The molecule has 2 aromatic carbocycles. The highest BCUT2D eigenvalue weighted by atomic mass is 35.5. The van der Waals surface area contributed by atoms with Crippen LogP contribution in [0, 0.1) is 13.8 Å². The average Bonchev–Trinajstić information content (AvgIpc) is 3.06. The van der Waals surface area contributed by atoms with Crippen molar-refractivity contribution < 1.29 is 14.3 Å². The van der Waals surface area contributed by atoms with Gasteiger partial charge in [-0.05, 0) is 43.7 Å². The number of carbonyl (C=O) groups is 1. The summed E-state index contributed by atoms with van der Waals surface area (Å²) in [4.78, 5) is 14.4. The number of carbonyl (C=O) groups excluding carboxylic acids is 1. The van der Waals surface area contributed by atoms with Crippen LogP contribution in [0.25, 0.3) is 6.08 Å². The highest BCUT2D eigenvalue weighted by Crippen LogP contribution is 2.26. The molecule has 6 nitrogen and oxygen atoms in total. The Hall–Kier alpha value is -3.25. The number of hydrogen-bond acceptors (Lipinski definition) is 4. The van der Waals surface area contributed by atoms with Gasteiger partial charge in [0.1, 0.15) is 11.5 Å². The normalized spacial score (nSPS) is 11.1. The molecule has 7 heteroatoms. The van der Waals surface area contributed by atoms with Gasteiger partial charge in [0.15, 0.2) is 0 Å². The largest absolute Gasteiger partial charge is 0.497 e. The van der Waals surface area contributed by atoms with Crippen LogP contribution in [0.15, 0.2) is 48.5 Å². The van der Waals surface area contributed by atoms with Crippen LogP contribution < -0.4 is 9.47 Å². The van der Waals surface area contributed by atoms with Gasteiger partial charge in [0, 0.05) is 47.6 Å². The van der Waals surface area contributed by atoms with Crippen LogP contribution in [-0.4, -0.2) is 41.9 Å². The van der Waals surface area contributed by atoms with Crippen LogP contribution in [0.2, 0.25) is 5.02 Å². The zero-order chi connectivity index (χ0) is 23.3. The number of likely N-dealkylation sites (N-methyl/N-ethyl adjacent to an activating group) is 1. The molecule has 0 aliphatic rings. The second-order valence-electron chi connectivity index (χ2n) is 7.54. The lowest BCUT2D eigenvalue weighted by molar-refractivity contribution is -0.125. The van der Waals surface area contributed by atoms with Gasteiger partial charge in [-0.1, -0.05) is 29.8 Å². The van der Waals surface area contributed by atoms with Crippen molar-refractivity contribution in [1.82, 2.24) is 14.7 Å². The third kappa shape index (κ3) is 5.32. The Morgan fingerprint density at radius 2 is 1.88 bits per heavy atom. The van der Waals surface area contributed by atoms with Crippen molar-refractivity contribution in [3.8, 4) is 11.5 Å². The smallest absolute Gasteiger partial charge is 0.246 e. The Morgan fingerprint density at radius 3 is 2.56 bits per heavy atom. The Kier molecular flexibility index (Phi) is 7.59. The maximum Gasteiger partial charge on any atom is 0.246 e. The van der Waals surface area contributed by atoms with E-state index in [9.17, 15) is 4.79 Å². The van der Waals surface area contributed by atoms with Crippen molar-refractivity contribution in [3.05, 3.63) is 81.6 Å². The van der Waals surface area contributed by atoms with Gasteiger partial charge in [-0.15, -0.1) is 0 Å². The fourth-order valence-corrected chi connectivity index (χ4v) is 3.69. The molecule has 0 atom stereocenters. The topological polar surface area (TPSA) is 56.6 Å². The molecule has 1 amide bonds. The number of aryl methyl sites for hydroxylation is 1. The van der Waals surface area contributed by atoms with Crippen LogP contribution >= 0.6 is 11.6 Å². The first-order chi connectivity index (χ1) is 15.3. The first kappa shape index (κ1) is 23.4. The van der Waals surface area contributed by atoms with Crippen LogP contribution in [0.3, 0.4) is 0 Å². The summed E-state index contributed by atoms with van der Waals surface area (Å²) in [7, 11) is 4.97. The zero-order valence-electron chi connectivity index (χ0n) is 19.1. The quantitative estimate of drug-likeness (QED) is 0.455. The summed E-state index contributed by atoms with van der Waals surface area (Å²) in [5, 5.41) is 5.34. The van der Waals surface area contributed by atoms with Crippen molar-refractivity contribution >= 4 is 23.6 Å². The Morgan fingerprint density at radius 1 is 1.12 bits per heavy atom. The maximum atomic E-state index is 12.7. The molecule has 0 N–H and O–H groups in total. The van der Waals surface area contributed by atoms with Gasteiger partial charge in [0.25, 0.3) is 0 Å². The van der Waals surface area contributed by atoms with Crippen LogP contribution in [-0.2, 0) is 17.9 Å². The minimum Gasteiger partial charge on any atom is -0.497 e. The summed E-state index contributed by atoms with van der Waals surface area (Å²) in [6, 6.07) is 13.3. The summed E-state index contributed by atoms with van der Waals surface area (Å²) < 4.78 is 12.6. The summed E-state index contributed by atoms with van der Waals surface area (Å²) in [5.41, 5.74) is 4.67. The van der Waals surface area contributed by atoms with Gasteiger partial charge in [-0.25, -0.2) is 0 Å². The number of rotatable bonds is 8. The van der Waals surface area contributed by atoms with Gasteiger partial charge in [-0.3, -0.25) is 9.48 Å². The zero-order valence-corrected chi connectivity index (χ0v) is 19.8. The lowest BCUT2D eigenvalue weighted by atomic mass is 10.1. The summed E-state index contributed by atoms with van der Waals surface area (Å²) in [6.07, 6.45) is 3.40. The molecule has 0 saturated heterocycles. The standard InChI is InChI=1S/C25H28ClN3O3/c1-17-22(18(2)29(27-17)16-19-8-6-7-9-23(19)26)12-13-25(30)28(3)15-20-10-11-21(31-4)14-24(20)32-5/h6-14H,15-16H2,1-5H3. The number of halogens is 1. The first-order valence-electron chi connectivity index (χ1n) is 10.3. The minimum atomic E-state index is -0.111. The number of methoxy groups -OCH3 is 2. The monoisotopic (exact) mass is 453 g/mol. The summed E-state index contributed by atoms with van der Waals surface area (Å²) >= 11 is 6.29. The molecule has 3 aromatic rings. The van der Waals surface area contributed by atoms with Crippen LogP contribution in [0.1, 0.15) is 28.1 Å². The van der Waals surface area contributed by atoms with E-state index in [1.807, 2.05) is 67.1 Å². The third-order valence-corrected chi connectivity index (χ3v) is 5.75. The lowest BCUT2D eigenvalue weighted by Gasteiger charge is -2.17. The summed E-state index contributed by atoms with van der Waals surface area (Å²) in [5.74, 6) is 1.28. The molecule has 0 unspecified atom stereocenters. The number of nitrogens with zero attached hydrogens (tertiary/aromatic N) is 3. The van der Waals surface area contributed by atoms with Crippen molar-refractivity contribution in [2.75, 3.05) is 21.3 Å². The van der Waals surface area contributed by atoms with E-state index in [4.69, 9.17) is 21.1 Å². The van der Waals surface area contributed by atoms with E-state index >= 15 is 0 Å². The van der Waals surface area contributed by atoms with Gasteiger partial charge in [-0.2, -0.15) is 5.10 Å². The van der Waals surface area contributed by atoms with Crippen molar-refractivity contribution in [2.24, 2.45) is 0 Å². The number of aromatic nitrogens is 2. The molecule has 1 heterocycles. The predicted octanol–water partition coefficient (Wildman–Crippen LogP) is 4.89. The SMILES string of the molecule is COc1ccc(CN(C)C(=O)C=Cc2c(C)nn(Cc3ccccc3Cl)c2C)c(OC)c1.